The zero-order chi connectivity index (χ0) is 29.9. The van der Waals surface area contributed by atoms with Crippen LogP contribution < -0.4 is 15.4 Å². The van der Waals surface area contributed by atoms with Crippen LogP contribution in [0.1, 0.15) is 36.2 Å². The number of ketones is 1. The Balaban J connectivity index is 1.27. The standard InChI is InChI=1S/C34H33ClN6O2/c1-20-25(7-5-10-28(20)40-33-32-30(11-6-16-37-32)38-21(2)39-33)26-8-4-9-27(31(26)35)29-15-13-23(34(41-29)43-3)19-36-18-22-12-14-24(42)17-22/h4-11,13,15-16,22,36H,12,14,17-19H2,1-3H3,(H,38,39,40)/t22-/m0/s1. The number of ether oxygens (including phenoxy) is 1. The number of pyridine rings is 2. The van der Waals surface area contributed by atoms with Gasteiger partial charge >= 0.3 is 0 Å². The van der Waals surface area contributed by atoms with Crippen molar-refractivity contribution < 1.29 is 9.53 Å². The van der Waals surface area contributed by atoms with Gasteiger partial charge in [-0.25, -0.2) is 15.0 Å². The van der Waals surface area contributed by atoms with Crippen molar-refractivity contribution in [1.29, 1.82) is 0 Å². The number of nitrogens with zero attached hydrogens (tertiary/aromatic N) is 4. The van der Waals surface area contributed by atoms with Gasteiger partial charge in [0.2, 0.25) is 5.88 Å². The first-order valence-corrected chi connectivity index (χ1v) is 14.8. The number of aromatic nitrogens is 4. The second kappa shape index (κ2) is 12.5. The molecule has 8 nitrogen and oxygen atoms in total. The molecule has 1 fully saturated rings. The smallest absolute Gasteiger partial charge is 0.218 e. The van der Waals surface area contributed by atoms with Crippen LogP contribution in [0.5, 0.6) is 5.88 Å². The number of benzene rings is 2. The first-order chi connectivity index (χ1) is 20.9. The van der Waals surface area contributed by atoms with E-state index in [9.17, 15) is 4.79 Å². The number of fused-ring (bicyclic) bond motifs is 1. The molecule has 1 saturated carbocycles. The number of methoxy groups -OCH3 is 1. The Labute approximate surface area is 255 Å². The summed E-state index contributed by atoms with van der Waals surface area (Å²) in [6, 6.07) is 19.9. The van der Waals surface area contributed by atoms with E-state index >= 15 is 0 Å². The van der Waals surface area contributed by atoms with Crippen molar-refractivity contribution in [2.45, 2.75) is 39.7 Å². The van der Waals surface area contributed by atoms with Gasteiger partial charge in [0.15, 0.2) is 5.82 Å². The van der Waals surface area contributed by atoms with Crippen molar-refractivity contribution >= 4 is 39.9 Å². The molecule has 6 rings (SSSR count). The van der Waals surface area contributed by atoms with Crippen LogP contribution in [-0.4, -0.2) is 39.4 Å². The molecule has 1 atom stereocenters. The first-order valence-electron chi connectivity index (χ1n) is 14.4. The number of halogens is 1. The average Bonchev–Trinajstić information content (AvgIpc) is 3.43. The van der Waals surface area contributed by atoms with E-state index in [1.165, 1.54) is 0 Å². The van der Waals surface area contributed by atoms with E-state index in [1.807, 2.05) is 61.5 Å². The predicted molar refractivity (Wildman–Crippen MR) is 171 cm³/mol. The summed E-state index contributed by atoms with van der Waals surface area (Å²) in [6.07, 6.45) is 4.07. The molecule has 0 aliphatic heterocycles. The van der Waals surface area contributed by atoms with Crippen LogP contribution in [-0.2, 0) is 11.3 Å². The number of rotatable bonds is 9. The third kappa shape index (κ3) is 6.07. The number of hydrogen-bond donors (Lipinski definition) is 2. The third-order valence-electron chi connectivity index (χ3n) is 7.95. The van der Waals surface area contributed by atoms with Crippen molar-refractivity contribution in [3.8, 4) is 28.3 Å². The van der Waals surface area contributed by atoms with Crippen molar-refractivity contribution in [1.82, 2.24) is 25.3 Å². The Kier molecular flexibility index (Phi) is 8.31. The maximum Gasteiger partial charge on any atom is 0.218 e. The molecule has 5 aromatic rings. The van der Waals surface area contributed by atoms with Gasteiger partial charge in [-0.15, -0.1) is 0 Å². The molecule has 3 heterocycles. The minimum Gasteiger partial charge on any atom is -0.481 e. The number of anilines is 2. The molecular weight excluding hydrogens is 560 g/mol. The van der Waals surface area contributed by atoms with Gasteiger partial charge in [0, 0.05) is 48.0 Å². The summed E-state index contributed by atoms with van der Waals surface area (Å²) >= 11 is 7.09. The Hall–Kier alpha value is -4.40. The number of carbonyl (C=O) groups is 1. The summed E-state index contributed by atoms with van der Waals surface area (Å²) < 4.78 is 5.66. The number of Topliss-reactive ketones (excluding diaryl/α,β-unsaturated/α-hetero) is 1. The SMILES string of the molecule is COc1nc(-c2cccc(-c3cccc(Nc4nc(C)nc5cccnc45)c3C)c2Cl)ccc1CNC[C@H]1CCC(=O)C1. The predicted octanol–water partition coefficient (Wildman–Crippen LogP) is 7.24. The lowest BCUT2D eigenvalue weighted by atomic mass is 9.96. The summed E-state index contributed by atoms with van der Waals surface area (Å²) in [5, 5.41) is 7.56. The second-order valence-corrected chi connectivity index (χ2v) is 11.3. The summed E-state index contributed by atoms with van der Waals surface area (Å²) in [7, 11) is 1.63. The number of aryl methyl sites for hydroxylation is 1. The fraction of sp³-hybridized carbons (Fsp3) is 0.265. The van der Waals surface area contributed by atoms with E-state index in [2.05, 4.69) is 38.6 Å². The van der Waals surface area contributed by atoms with Gasteiger partial charge in [0.25, 0.3) is 0 Å². The maximum atomic E-state index is 11.6. The lowest BCUT2D eigenvalue weighted by Gasteiger charge is -2.17. The molecule has 0 radical (unpaired) electrons. The Morgan fingerprint density at radius 1 is 0.953 bits per heavy atom. The monoisotopic (exact) mass is 592 g/mol. The molecule has 43 heavy (non-hydrogen) atoms. The van der Waals surface area contributed by atoms with Crippen LogP contribution in [0.25, 0.3) is 33.4 Å². The molecule has 0 saturated heterocycles. The molecule has 1 aliphatic carbocycles. The summed E-state index contributed by atoms with van der Waals surface area (Å²) in [4.78, 5) is 30.0. The summed E-state index contributed by atoms with van der Waals surface area (Å²) in [5.74, 6) is 2.65. The van der Waals surface area contributed by atoms with E-state index in [0.29, 0.717) is 59.1 Å². The second-order valence-electron chi connectivity index (χ2n) is 10.9. The van der Waals surface area contributed by atoms with Crippen LogP contribution in [0, 0.1) is 19.8 Å². The highest BCUT2D eigenvalue weighted by Gasteiger charge is 2.22. The van der Waals surface area contributed by atoms with Gasteiger partial charge in [-0.3, -0.25) is 9.78 Å². The topological polar surface area (TPSA) is 102 Å². The molecule has 218 valence electrons. The molecule has 0 bridgehead atoms. The minimum absolute atomic E-state index is 0.361. The zero-order valence-corrected chi connectivity index (χ0v) is 25.2. The quantitative estimate of drug-likeness (QED) is 0.185. The summed E-state index contributed by atoms with van der Waals surface area (Å²) in [6.45, 7) is 5.36. The molecule has 1 aliphatic rings. The van der Waals surface area contributed by atoms with Gasteiger partial charge in [0.1, 0.15) is 17.1 Å². The molecule has 0 unspecified atom stereocenters. The van der Waals surface area contributed by atoms with Gasteiger partial charge in [0.05, 0.1) is 23.3 Å². The van der Waals surface area contributed by atoms with Crippen molar-refractivity contribution in [3.63, 3.8) is 0 Å². The van der Waals surface area contributed by atoms with E-state index in [1.54, 1.807) is 13.3 Å². The third-order valence-corrected chi connectivity index (χ3v) is 8.35. The Morgan fingerprint density at radius 3 is 2.58 bits per heavy atom. The van der Waals surface area contributed by atoms with Crippen molar-refractivity contribution in [3.05, 3.63) is 88.8 Å². The van der Waals surface area contributed by atoms with Crippen LogP contribution >= 0.6 is 11.6 Å². The maximum absolute atomic E-state index is 11.6. The molecular formula is C34H33ClN6O2. The molecule has 2 N–H and O–H groups in total. The Bertz CT molecular complexity index is 1830. The van der Waals surface area contributed by atoms with E-state index in [4.69, 9.17) is 21.3 Å². The van der Waals surface area contributed by atoms with E-state index in [0.717, 1.165) is 57.7 Å². The first kappa shape index (κ1) is 28.7. The highest BCUT2D eigenvalue weighted by atomic mass is 35.5. The molecule has 0 spiro atoms. The lowest BCUT2D eigenvalue weighted by Crippen LogP contribution is -2.21. The Morgan fingerprint density at radius 2 is 1.77 bits per heavy atom. The minimum atomic E-state index is 0.361. The highest BCUT2D eigenvalue weighted by Crippen LogP contribution is 2.40. The summed E-state index contributed by atoms with van der Waals surface area (Å²) in [5.41, 5.74) is 7.84. The molecule has 9 heteroatoms. The van der Waals surface area contributed by atoms with Crippen LogP contribution in [0.4, 0.5) is 11.5 Å². The lowest BCUT2D eigenvalue weighted by molar-refractivity contribution is -0.117. The number of carbonyl (C=O) groups excluding carboxylic acids is 1. The molecule has 2 aromatic carbocycles. The fourth-order valence-electron chi connectivity index (χ4n) is 5.71. The van der Waals surface area contributed by atoms with E-state index in [-0.39, 0.29) is 0 Å². The van der Waals surface area contributed by atoms with Crippen molar-refractivity contribution in [2.75, 3.05) is 19.0 Å². The van der Waals surface area contributed by atoms with Gasteiger partial charge in [-0.05, 0) is 68.1 Å². The van der Waals surface area contributed by atoms with Gasteiger partial charge in [-0.2, -0.15) is 0 Å². The fourth-order valence-corrected chi connectivity index (χ4v) is 6.03. The van der Waals surface area contributed by atoms with Crippen LogP contribution in [0.15, 0.2) is 66.9 Å². The molecule has 3 aromatic heterocycles. The highest BCUT2D eigenvalue weighted by molar-refractivity contribution is 6.36. The molecule has 0 amide bonds. The van der Waals surface area contributed by atoms with Gasteiger partial charge in [-0.1, -0.05) is 48.0 Å². The number of hydrogen-bond acceptors (Lipinski definition) is 8. The van der Waals surface area contributed by atoms with Crippen molar-refractivity contribution in [2.24, 2.45) is 5.92 Å². The van der Waals surface area contributed by atoms with Crippen LogP contribution in [0.2, 0.25) is 5.02 Å². The normalized spacial score (nSPS) is 14.8. The van der Waals surface area contributed by atoms with Gasteiger partial charge < -0.3 is 15.4 Å². The van der Waals surface area contributed by atoms with Crippen LogP contribution in [0.3, 0.4) is 0 Å². The average molecular weight is 593 g/mol. The van der Waals surface area contributed by atoms with E-state index < -0.39 is 0 Å². The number of nitrogens with one attached hydrogen (secondary N) is 2. The largest absolute Gasteiger partial charge is 0.481 e. The zero-order valence-electron chi connectivity index (χ0n) is 24.4.